The second-order valence-electron chi connectivity index (χ2n) is 6.26. The molecule has 5 nitrogen and oxygen atoms in total. The number of carbonyl (C=O) groups excluding carboxylic acids is 1. The number of hydrogen-bond acceptors (Lipinski definition) is 3. The molecule has 0 aromatic carbocycles. The fraction of sp³-hybridized carbons (Fsp3) is 0.833. The Morgan fingerprint density at radius 3 is 2.00 bits per heavy atom. The second-order valence-corrected chi connectivity index (χ2v) is 6.26. The molecule has 0 bridgehead atoms. The van der Waals surface area contributed by atoms with Gasteiger partial charge in [-0.1, -0.05) is 0 Å². The summed E-state index contributed by atoms with van der Waals surface area (Å²) in [6, 6.07) is 0. The van der Waals surface area contributed by atoms with E-state index in [4.69, 9.17) is 9.84 Å². The quantitative estimate of drug-likeness (QED) is 0.716. The van der Waals surface area contributed by atoms with E-state index >= 15 is 0 Å². The summed E-state index contributed by atoms with van der Waals surface area (Å²) >= 11 is 0. The first-order chi connectivity index (χ1) is 7.42. The molecule has 98 valence electrons. The number of rotatable bonds is 1. The van der Waals surface area contributed by atoms with Crippen LogP contribution in [-0.2, 0) is 9.53 Å². The second kappa shape index (κ2) is 3.62. The van der Waals surface area contributed by atoms with Crippen LogP contribution >= 0.6 is 0 Å². The maximum absolute atomic E-state index is 12.1. The number of hydrogen-bond donors (Lipinski definition) is 1. The van der Waals surface area contributed by atoms with Crippen molar-refractivity contribution >= 4 is 12.1 Å². The van der Waals surface area contributed by atoms with Crippen molar-refractivity contribution in [3.05, 3.63) is 0 Å². The van der Waals surface area contributed by atoms with Crippen LogP contribution in [0.25, 0.3) is 0 Å². The Morgan fingerprint density at radius 1 is 1.24 bits per heavy atom. The smallest absolute Gasteiger partial charge is 0.407 e. The van der Waals surface area contributed by atoms with Crippen LogP contribution in [0.4, 0.5) is 4.79 Å². The highest BCUT2D eigenvalue weighted by Gasteiger charge is 2.63. The molecule has 1 heterocycles. The maximum Gasteiger partial charge on any atom is 0.407 e. The lowest BCUT2D eigenvalue weighted by atomic mass is 9.64. The first kappa shape index (κ1) is 13.8. The average molecular weight is 243 g/mol. The molecule has 0 aliphatic carbocycles. The van der Waals surface area contributed by atoms with Crippen LogP contribution in [-0.4, -0.2) is 39.8 Å². The molecule has 0 aromatic rings. The van der Waals surface area contributed by atoms with Gasteiger partial charge >= 0.3 is 12.1 Å². The van der Waals surface area contributed by atoms with E-state index in [0.29, 0.717) is 0 Å². The molecule has 1 atom stereocenters. The minimum atomic E-state index is -1.00. The van der Waals surface area contributed by atoms with E-state index < -0.39 is 22.6 Å². The highest BCUT2D eigenvalue weighted by molar-refractivity contribution is 5.83. The molecule has 1 amide bonds. The number of carbonyl (C=O) groups is 2. The molecule has 5 heteroatoms. The monoisotopic (exact) mass is 243 g/mol. The van der Waals surface area contributed by atoms with Gasteiger partial charge in [-0.3, -0.25) is 4.79 Å². The third-order valence-electron chi connectivity index (χ3n) is 3.58. The summed E-state index contributed by atoms with van der Waals surface area (Å²) in [5.74, 6) is -0.340. The van der Waals surface area contributed by atoms with Crippen molar-refractivity contribution in [3.63, 3.8) is 0 Å². The topological polar surface area (TPSA) is 66.8 Å². The van der Waals surface area contributed by atoms with Gasteiger partial charge < -0.3 is 14.7 Å². The maximum atomic E-state index is 12.1. The summed E-state index contributed by atoms with van der Waals surface area (Å²) in [5.41, 5.74) is -2.07. The predicted octanol–water partition coefficient (Wildman–Crippen LogP) is 2.11. The van der Waals surface area contributed by atoms with Crippen LogP contribution in [0.5, 0.6) is 0 Å². The molecule has 1 saturated heterocycles. The summed E-state index contributed by atoms with van der Waals surface area (Å²) in [4.78, 5) is 24.3. The van der Waals surface area contributed by atoms with Crippen LogP contribution in [0.3, 0.4) is 0 Å². The number of likely N-dealkylation sites (tertiary alicyclic amines) is 1. The van der Waals surface area contributed by atoms with Crippen LogP contribution in [0.2, 0.25) is 0 Å². The lowest BCUT2D eigenvalue weighted by molar-refractivity contribution is -0.194. The Morgan fingerprint density at radius 2 is 1.71 bits per heavy atom. The van der Waals surface area contributed by atoms with E-state index in [9.17, 15) is 9.59 Å². The van der Waals surface area contributed by atoms with Crippen molar-refractivity contribution in [1.29, 1.82) is 0 Å². The summed E-state index contributed by atoms with van der Waals surface area (Å²) in [7, 11) is 0. The van der Waals surface area contributed by atoms with Crippen molar-refractivity contribution in [1.82, 2.24) is 4.90 Å². The molecule has 0 aromatic heterocycles. The number of esters is 1. The van der Waals surface area contributed by atoms with Gasteiger partial charge in [0, 0.05) is 6.54 Å². The Labute approximate surface area is 102 Å². The molecule has 17 heavy (non-hydrogen) atoms. The van der Waals surface area contributed by atoms with Gasteiger partial charge in [-0.05, 0) is 41.5 Å². The molecule has 1 N–H and O–H groups in total. The lowest BCUT2D eigenvalue weighted by Gasteiger charge is -2.59. The van der Waals surface area contributed by atoms with E-state index in [-0.39, 0.29) is 12.5 Å². The zero-order valence-corrected chi connectivity index (χ0v) is 11.3. The Bertz CT molecular complexity index is 356. The number of ether oxygens (including phenoxy) is 1. The highest BCUT2D eigenvalue weighted by Crippen LogP contribution is 2.48. The first-order valence-electron chi connectivity index (χ1n) is 5.66. The summed E-state index contributed by atoms with van der Waals surface area (Å²) in [5, 5.41) is 8.99. The normalized spacial score (nSPS) is 27.3. The number of carboxylic acid groups (broad SMARTS) is 1. The minimum Gasteiger partial charge on any atom is -0.465 e. The minimum absolute atomic E-state index is 0.185. The molecule has 0 saturated carbocycles. The highest BCUT2D eigenvalue weighted by atomic mass is 16.6. The van der Waals surface area contributed by atoms with Crippen LogP contribution < -0.4 is 0 Å². The van der Waals surface area contributed by atoms with Gasteiger partial charge in [-0.15, -0.1) is 0 Å². The van der Waals surface area contributed by atoms with Crippen molar-refractivity contribution in [3.8, 4) is 0 Å². The summed E-state index contributed by atoms with van der Waals surface area (Å²) in [6.07, 6.45) is -1.00. The molecular weight excluding hydrogens is 222 g/mol. The van der Waals surface area contributed by atoms with E-state index in [1.165, 1.54) is 4.90 Å². The van der Waals surface area contributed by atoms with Crippen molar-refractivity contribution < 1.29 is 19.4 Å². The van der Waals surface area contributed by atoms with Crippen LogP contribution in [0.15, 0.2) is 0 Å². The van der Waals surface area contributed by atoms with Gasteiger partial charge in [-0.25, -0.2) is 4.79 Å². The largest absolute Gasteiger partial charge is 0.465 e. The third kappa shape index (κ3) is 2.10. The summed E-state index contributed by atoms with van der Waals surface area (Å²) < 4.78 is 5.35. The fourth-order valence-corrected chi connectivity index (χ4v) is 1.93. The van der Waals surface area contributed by atoms with Gasteiger partial charge in [0.2, 0.25) is 0 Å². The third-order valence-corrected chi connectivity index (χ3v) is 3.58. The van der Waals surface area contributed by atoms with Gasteiger partial charge in [0.25, 0.3) is 0 Å². The lowest BCUT2D eigenvalue weighted by Crippen LogP contribution is -2.74. The van der Waals surface area contributed by atoms with Gasteiger partial charge in [0.05, 0.1) is 5.54 Å². The Kier molecular flexibility index (Phi) is 2.94. The molecule has 0 radical (unpaired) electrons. The summed E-state index contributed by atoms with van der Waals surface area (Å²) in [6.45, 7) is 10.8. The molecule has 1 unspecified atom stereocenters. The molecule has 1 fully saturated rings. The van der Waals surface area contributed by atoms with Crippen LogP contribution in [0.1, 0.15) is 41.5 Å². The number of nitrogens with zero attached hydrogens (tertiary/aromatic N) is 1. The standard InChI is InChI=1S/C12H21NO4/c1-10(2,3)17-8(14)12(6)7-13(9(15)16)11(12,4)5/h7H2,1-6H3,(H,15,16). The van der Waals surface area contributed by atoms with Crippen LogP contribution in [0, 0.1) is 5.41 Å². The van der Waals surface area contributed by atoms with Gasteiger partial charge in [0.15, 0.2) is 0 Å². The number of amides is 1. The molecular formula is C12H21NO4. The Balaban J connectivity index is 2.86. The zero-order chi connectivity index (χ0) is 13.6. The fourth-order valence-electron chi connectivity index (χ4n) is 1.93. The van der Waals surface area contributed by atoms with E-state index in [1.807, 2.05) is 0 Å². The van der Waals surface area contributed by atoms with Gasteiger partial charge in [0.1, 0.15) is 11.0 Å². The Hall–Kier alpha value is -1.26. The van der Waals surface area contributed by atoms with Crippen molar-refractivity contribution in [2.24, 2.45) is 5.41 Å². The average Bonchev–Trinajstić information content (AvgIpc) is 2.09. The van der Waals surface area contributed by atoms with E-state index in [2.05, 4.69) is 0 Å². The molecule has 1 rings (SSSR count). The molecule has 0 spiro atoms. The van der Waals surface area contributed by atoms with Crippen molar-refractivity contribution in [2.75, 3.05) is 6.54 Å². The predicted molar refractivity (Wildman–Crippen MR) is 62.8 cm³/mol. The zero-order valence-electron chi connectivity index (χ0n) is 11.3. The van der Waals surface area contributed by atoms with E-state index in [0.717, 1.165) is 0 Å². The van der Waals surface area contributed by atoms with E-state index in [1.54, 1.807) is 41.5 Å². The molecule has 1 aliphatic heterocycles. The molecule has 1 aliphatic rings. The first-order valence-corrected chi connectivity index (χ1v) is 5.66. The van der Waals surface area contributed by atoms with Gasteiger partial charge in [-0.2, -0.15) is 0 Å². The van der Waals surface area contributed by atoms with Crippen molar-refractivity contribution in [2.45, 2.75) is 52.7 Å². The SMILES string of the molecule is CC(C)(C)OC(=O)C1(C)CN(C(=O)O)C1(C)C.